The van der Waals surface area contributed by atoms with Crippen molar-refractivity contribution in [1.82, 2.24) is 4.98 Å². The van der Waals surface area contributed by atoms with Gasteiger partial charge in [0.15, 0.2) is 0 Å². The van der Waals surface area contributed by atoms with Gasteiger partial charge in [-0.25, -0.2) is 13.4 Å². The van der Waals surface area contributed by atoms with E-state index in [1.54, 1.807) is 6.92 Å². The molecule has 0 spiro atoms. The molecular weight excluding hydrogens is 299 g/mol. The number of pyridine rings is 1. The second-order valence-corrected chi connectivity index (χ2v) is 7.06. The van der Waals surface area contributed by atoms with E-state index in [4.69, 9.17) is 11.6 Å². The zero-order valence-electron chi connectivity index (χ0n) is 9.15. The molecule has 96 valence electrons. The van der Waals surface area contributed by atoms with Gasteiger partial charge in [0.2, 0.25) is 5.95 Å². The van der Waals surface area contributed by atoms with E-state index in [1.807, 2.05) is 0 Å². The summed E-state index contributed by atoms with van der Waals surface area (Å²) in [5, 5.41) is 0. The Balaban J connectivity index is 2.29. The van der Waals surface area contributed by atoms with Crippen molar-refractivity contribution in [3.63, 3.8) is 0 Å². The van der Waals surface area contributed by atoms with Crippen LogP contribution in [-0.2, 0) is 10.0 Å². The summed E-state index contributed by atoms with van der Waals surface area (Å²) in [6.07, 6.45) is 1.11. The minimum atomic E-state index is -3.71. The molecular formula is C10H8ClFN2O2S2. The maximum Gasteiger partial charge on any atom is 0.271 e. The van der Waals surface area contributed by atoms with Gasteiger partial charge in [0.05, 0.1) is 16.2 Å². The van der Waals surface area contributed by atoms with Gasteiger partial charge in [-0.2, -0.15) is 4.39 Å². The maximum atomic E-state index is 12.6. The molecule has 0 aliphatic heterocycles. The van der Waals surface area contributed by atoms with Gasteiger partial charge in [0, 0.05) is 0 Å². The third-order valence-electron chi connectivity index (χ3n) is 2.08. The topological polar surface area (TPSA) is 59.1 Å². The molecule has 0 aliphatic rings. The Morgan fingerprint density at radius 1 is 1.44 bits per heavy atom. The largest absolute Gasteiger partial charge is 0.277 e. The first kappa shape index (κ1) is 13.3. The van der Waals surface area contributed by atoms with E-state index in [1.165, 1.54) is 12.1 Å². The molecule has 0 fully saturated rings. The average molecular weight is 307 g/mol. The molecule has 0 unspecified atom stereocenters. The van der Waals surface area contributed by atoms with E-state index in [2.05, 4.69) is 9.71 Å². The summed E-state index contributed by atoms with van der Waals surface area (Å²) < 4.78 is 39.4. The van der Waals surface area contributed by atoms with Gasteiger partial charge < -0.3 is 0 Å². The Hall–Kier alpha value is -1.18. The highest BCUT2D eigenvalue weighted by Gasteiger charge is 2.18. The van der Waals surface area contributed by atoms with Crippen molar-refractivity contribution in [1.29, 1.82) is 0 Å². The first-order chi connectivity index (χ1) is 8.38. The zero-order valence-corrected chi connectivity index (χ0v) is 11.5. The Kier molecular flexibility index (Phi) is 3.56. The predicted octanol–water partition coefficient (Wildman–Crippen LogP) is 3.04. The van der Waals surface area contributed by atoms with Crippen molar-refractivity contribution in [3.05, 3.63) is 40.2 Å². The van der Waals surface area contributed by atoms with Gasteiger partial charge in [-0.15, -0.1) is 11.3 Å². The van der Waals surface area contributed by atoms with E-state index in [9.17, 15) is 12.8 Å². The summed E-state index contributed by atoms with van der Waals surface area (Å²) in [7, 11) is -3.71. The van der Waals surface area contributed by atoms with Gasteiger partial charge in [-0.3, -0.25) is 4.72 Å². The summed E-state index contributed by atoms with van der Waals surface area (Å²) in [5.74, 6) is -0.673. The van der Waals surface area contributed by atoms with Crippen LogP contribution in [0.4, 0.5) is 10.1 Å². The van der Waals surface area contributed by atoms with Gasteiger partial charge in [0.1, 0.15) is 4.21 Å². The number of aromatic nitrogens is 1. The summed E-state index contributed by atoms with van der Waals surface area (Å²) in [4.78, 5) is 3.36. The number of thiophene rings is 1. The number of nitrogens with one attached hydrogen (secondary N) is 1. The number of hydrogen-bond donors (Lipinski definition) is 1. The normalized spacial score (nSPS) is 11.5. The highest BCUT2D eigenvalue weighted by Crippen LogP contribution is 2.31. The molecule has 18 heavy (non-hydrogen) atoms. The highest BCUT2D eigenvalue weighted by molar-refractivity contribution is 7.94. The standard InChI is InChI=1S/C10H8ClFN2O2S2/c1-6-4-9(17-10(6)11)18(15,16)14-7-2-3-8(12)13-5-7/h2-5,14H,1H3. The Bertz CT molecular complexity index is 648. The Morgan fingerprint density at radius 2 is 2.17 bits per heavy atom. The zero-order chi connectivity index (χ0) is 13.3. The molecule has 0 aromatic carbocycles. The van der Waals surface area contributed by atoms with Crippen LogP contribution >= 0.6 is 22.9 Å². The van der Waals surface area contributed by atoms with E-state index < -0.39 is 16.0 Å². The molecule has 1 N–H and O–H groups in total. The van der Waals surface area contributed by atoms with E-state index in [-0.39, 0.29) is 9.90 Å². The fourth-order valence-electron chi connectivity index (χ4n) is 1.21. The number of nitrogens with zero attached hydrogens (tertiary/aromatic N) is 1. The third-order valence-corrected chi connectivity index (χ3v) is 5.49. The van der Waals surface area contributed by atoms with Crippen molar-refractivity contribution < 1.29 is 12.8 Å². The lowest BCUT2D eigenvalue weighted by atomic mass is 10.4. The Labute approximate surface area is 112 Å². The van der Waals surface area contributed by atoms with E-state index in [0.717, 1.165) is 23.6 Å². The Morgan fingerprint density at radius 3 is 2.67 bits per heavy atom. The second-order valence-electron chi connectivity index (χ2n) is 3.50. The maximum absolute atomic E-state index is 12.6. The predicted molar refractivity (Wildman–Crippen MR) is 69.1 cm³/mol. The van der Waals surface area contributed by atoms with Crippen LogP contribution < -0.4 is 4.72 Å². The second kappa shape index (κ2) is 4.83. The number of anilines is 1. The molecule has 0 saturated heterocycles. The fraction of sp³-hybridized carbons (Fsp3) is 0.100. The van der Waals surface area contributed by atoms with Gasteiger partial charge in [-0.05, 0) is 30.7 Å². The highest BCUT2D eigenvalue weighted by atomic mass is 35.5. The molecule has 2 rings (SSSR count). The molecule has 8 heteroatoms. The molecule has 4 nitrogen and oxygen atoms in total. The van der Waals surface area contributed by atoms with Crippen molar-refractivity contribution in [3.8, 4) is 0 Å². The quantitative estimate of drug-likeness (QED) is 0.887. The van der Waals surface area contributed by atoms with Crippen molar-refractivity contribution in [2.45, 2.75) is 11.1 Å². The van der Waals surface area contributed by atoms with Gasteiger partial charge >= 0.3 is 0 Å². The van der Waals surface area contributed by atoms with Crippen LogP contribution in [0.5, 0.6) is 0 Å². The number of aryl methyl sites for hydroxylation is 1. The number of hydrogen-bond acceptors (Lipinski definition) is 4. The fourth-order valence-corrected chi connectivity index (χ4v) is 3.96. The number of sulfonamides is 1. The number of halogens is 2. The summed E-state index contributed by atoms with van der Waals surface area (Å²) in [6, 6.07) is 3.85. The van der Waals surface area contributed by atoms with Crippen LogP contribution in [0, 0.1) is 12.9 Å². The number of rotatable bonds is 3. The minimum absolute atomic E-state index is 0.106. The van der Waals surface area contributed by atoms with Crippen LogP contribution in [-0.4, -0.2) is 13.4 Å². The SMILES string of the molecule is Cc1cc(S(=O)(=O)Nc2ccc(F)nc2)sc1Cl. The molecule has 0 saturated carbocycles. The van der Waals surface area contributed by atoms with E-state index >= 15 is 0 Å². The molecule has 0 bridgehead atoms. The minimum Gasteiger partial charge on any atom is -0.277 e. The van der Waals surface area contributed by atoms with Crippen molar-refractivity contribution >= 4 is 38.6 Å². The van der Waals surface area contributed by atoms with Crippen LogP contribution in [0.1, 0.15) is 5.56 Å². The summed E-state index contributed by atoms with van der Waals surface area (Å²) in [5.41, 5.74) is 0.887. The van der Waals surface area contributed by atoms with Crippen LogP contribution in [0.15, 0.2) is 28.6 Å². The molecule has 0 amide bonds. The van der Waals surface area contributed by atoms with E-state index in [0.29, 0.717) is 9.90 Å². The molecule has 2 heterocycles. The lowest BCUT2D eigenvalue weighted by Crippen LogP contribution is -2.11. The smallest absolute Gasteiger partial charge is 0.271 e. The average Bonchev–Trinajstić information content (AvgIpc) is 2.63. The summed E-state index contributed by atoms with van der Waals surface area (Å²) >= 11 is 6.79. The van der Waals surface area contributed by atoms with Crippen LogP contribution in [0.2, 0.25) is 4.34 Å². The lowest BCUT2D eigenvalue weighted by molar-refractivity contribution is 0.583. The van der Waals surface area contributed by atoms with Crippen molar-refractivity contribution in [2.75, 3.05) is 4.72 Å². The van der Waals surface area contributed by atoms with Crippen molar-refractivity contribution in [2.24, 2.45) is 0 Å². The molecule has 0 atom stereocenters. The first-order valence-corrected chi connectivity index (χ1v) is 7.46. The molecule has 2 aromatic heterocycles. The third kappa shape index (κ3) is 2.80. The first-order valence-electron chi connectivity index (χ1n) is 4.79. The lowest BCUT2D eigenvalue weighted by Gasteiger charge is -2.04. The summed E-state index contributed by atoms with van der Waals surface area (Å²) in [6.45, 7) is 1.72. The van der Waals surface area contributed by atoms with Crippen LogP contribution in [0.25, 0.3) is 0 Å². The molecule has 0 radical (unpaired) electrons. The monoisotopic (exact) mass is 306 g/mol. The molecule has 0 aliphatic carbocycles. The van der Waals surface area contributed by atoms with Gasteiger partial charge in [0.25, 0.3) is 10.0 Å². The van der Waals surface area contributed by atoms with Gasteiger partial charge in [-0.1, -0.05) is 11.6 Å². The van der Waals surface area contributed by atoms with Crippen LogP contribution in [0.3, 0.4) is 0 Å². The molecule has 2 aromatic rings.